The second-order valence-corrected chi connectivity index (χ2v) is 3.83. The summed E-state index contributed by atoms with van der Waals surface area (Å²) in [5.41, 5.74) is 0.907. The zero-order valence-corrected chi connectivity index (χ0v) is 8.86. The lowest BCUT2D eigenvalue weighted by Gasteiger charge is -2.12. The minimum Gasteiger partial charge on any atom is -0.460 e. The predicted octanol–water partition coefficient (Wildman–Crippen LogP) is 1.43. The van der Waals surface area contributed by atoms with Gasteiger partial charge in [-0.05, 0) is 18.5 Å². The smallest absolute Gasteiger partial charge is 0.326 e. The first-order valence-electron chi connectivity index (χ1n) is 5.35. The molecule has 0 unspecified atom stereocenters. The van der Waals surface area contributed by atoms with Crippen LogP contribution in [-0.4, -0.2) is 24.7 Å². The van der Waals surface area contributed by atoms with Crippen LogP contribution in [0.1, 0.15) is 12.0 Å². The molecule has 1 aliphatic heterocycles. The van der Waals surface area contributed by atoms with Crippen molar-refractivity contribution in [3.05, 3.63) is 35.9 Å². The molecule has 0 spiro atoms. The van der Waals surface area contributed by atoms with Crippen molar-refractivity contribution in [3.8, 4) is 0 Å². The Balaban J connectivity index is 1.84. The molecule has 0 aliphatic carbocycles. The van der Waals surface area contributed by atoms with Crippen LogP contribution in [0, 0.1) is 0 Å². The van der Waals surface area contributed by atoms with Crippen molar-refractivity contribution in [2.75, 3.05) is 6.54 Å². The molecule has 3 nitrogen and oxygen atoms in total. The number of esters is 1. The van der Waals surface area contributed by atoms with E-state index in [1.54, 1.807) is 0 Å². The molecule has 0 saturated carbocycles. The van der Waals surface area contributed by atoms with Crippen LogP contribution in [0.2, 0.25) is 0 Å². The summed E-state index contributed by atoms with van der Waals surface area (Å²) in [6.45, 7) is 0.733. The van der Waals surface area contributed by atoms with Gasteiger partial charge in [0.2, 0.25) is 0 Å². The largest absolute Gasteiger partial charge is 0.460 e. The molecule has 1 N–H and O–H groups in total. The summed E-state index contributed by atoms with van der Waals surface area (Å²) < 4.78 is 18.2. The topological polar surface area (TPSA) is 38.3 Å². The highest BCUT2D eigenvalue weighted by atomic mass is 19.1. The first-order valence-corrected chi connectivity index (χ1v) is 5.35. The van der Waals surface area contributed by atoms with Gasteiger partial charge in [0.25, 0.3) is 0 Å². The SMILES string of the molecule is O=C(OCc1ccccc1)[C@H]1NCC[C@@H]1F. The number of rotatable bonds is 3. The summed E-state index contributed by atoms with van der Waals surface area (Å²) in [4.78, 5) is 11.5. The molecule has 16 heavy (non-hydrogen) atoms. The number of hydrogen-bond acceptors (Lipinski definition) is 3. The number of nitrogens with one attached hydrogen (secondary N) is 1. The summed E-state index contributed by atoms with van der Waals surface area (Å²) in [6.07, 6.45) is -0.742. The Bertz CT molecular complexity index is 355. The molecule has 0 aromatic heterocycles. The lowest BCUT2D eigenvalue weighted by molar-refractivity contribution is -0.148. The molecule has 1 heterocycles. The predicted molar refractivity (Wildman–Crippen MR) is 57.5 cm³/mol. The molecule has 2 rings (SSSR count). The number of hydrogen-bond donors (Lipinski definition) is 1. The Hall–Kier alpha value is -1.42. The summed E-state index contributed by atoms with van der Waals surface area (Å²) in [5, 5.41) is 2.79. The highest BCUT2D eigenvalue weighted by molar-refractivity contribution is 5.77. The van der Waals surface area contributed by atoms with E-state index in [0.29, 0.717) is 13.0 Å². The van der Waals surface area contributed by atoms with Crippen LogP contribution in [0.3, 0.4) is 0 Å². The van der Waals surface area contributed by atoms with Crippen molar-refractivity contribution >= 4 is 5.97 Å². The lowest BCUT2D eigenvalue weighted by atomic mass is 10.2. The summed E-state index contributed by atoms with van der Waals surface area (Å²) in [5.74, 6) is -0.506. The number of benzene rings is 1. The number of halogens is 1. The number of ether oxygens (including phenoxy) is 1. The van der Waals surface area contributed by atoms with E-state index in [0.717, 1.165) is 5.56 Å². The van der Waals surface area contributed by atoms with Crippen molar-refractivity contribution in [1.82, 2.24) is 5.32 Å². The fourth-order valence-electron chi connectivity index (χ4n) is 1.72. The van der Waals surface area contributed by atoms with Crippen molar-refractivity contribution in [2.24, 2.45) is 0 Å². The van der Waals surface area contributed by atoms with E-state index in [9.17, 15) is 9.18 Å². The molecule has 2 atom stereocenters. The Morgan fingerprint density at radius 1 is 1.44 bits per heavy atom. The third kappa shape index (κ3) is 2.58. The van der Waals surface area contributed by atoms with Crippen LogP contribution in [0.15, 0.2) is 30.3 Å². The average Bonchev–Trinajstić information content (AvgIpc) is 2.74. The minimum absolute atomic E-state index is 0.199. The van der Waals surface area contributed by atoms with Crippen LogP contribution >= 0.6 is 0 Å². The molecule has 0 bridgehead atoms. The molecule has 1 fully saturated rings. The van der Waals surface area contributed by atoms with Crippen molar-refractivity contribution in [1.29, 1.82) is 0 Å². The Morgan fingerprint density at radius 2 is 2.19 bits per heavy atom. The maximum Gasteiger partial charge on any atom is 0.326 e. The minimum atomic E-state index is -1.12. The molecule has 0 amide bonds. The van der Waals surface area contributed by atoms with Gasteiger partial charge < -0.3 is 10.1 Å². The van der Waals surface area contributed by atoms with Crippen LogP contribution in [0.5, 0.6) is 0 Å². The third-order valence-corrected chi connectivity index (χ3v) is 2.62. The number of carbonyl (C=O) groups is 1. The fourth-order valence-corrected chi connectivity index (χ4v) is 1.72. The zero-order chi connectivity index (χ0) is 11.4. The van der Waals surface area contributed by atoms with Gasteiger partial charge in [0, 0.05) is 0 Å². The maximum absolute atomic E-state index is 13.2. The molecule has 1 saturated heterocycles. The summed E-state index contributed by atoms with van der Waals surface area (Å²) in [6, 6.07) is 8.57. The van der Waals surface area contributed by atoms with Gasteiger partial charge in [0.05, 0.1) is 0 Å². The fraction of sp³-hybridized carbons (Fsp3) is 0.417. The van der Waals surface area contributed by atoms with Crippen LogP contribution in [0.25, 0.3) is 0 Å². The van der Waals surface area contributed by atoms with Crippen LogP contribution < -0.4 is 5.32 Å². The van der Waals surface area contributed by atoms with E-state index in [-0.39, 0.29) is 6.61 Å². The average molecular weight is 223 g/mol. The van der Waals surface area contributed by atoms with Gasteiger partial charge in [-0.3, -0.25) is 4.79 Å². The molecular weight excluding hydrogens is 209 g/mol. The van der Waals surface area contributed by atoms with E-state index in [2.05, 4.69) is 5.32 Å². The van der Waals surface area contributed by atoms with Gasteiger partial charge in [-0.2, -0.15) is 0 Å². The molecular formula is C12H14FNO2. The molecule has 86 valence electrons. The summed E-state index contributed by atoms with van der Waals surface area (Å²) in [7, 11) is 0. The lowest BCUT2D eigenvalue weighted by Crippen LogP contribution is -2.37. The maximum atomic E-state index is 13.2. The summed E-state index contributed by atoms with van der Waals surface area (Å²) >= 11 is 0. The highest BCUT2D eigenvalue weighted by Crippen LogP contribution is 2.13. The Morgan fingerprint density at radius 3 is 2.81 bits per heavy atom. The van der Waals surface area contributed by atoms with Crippen LogP contribution in [-0.2, 0) is 16.1 Å². The molecule has 0 radical (unpaired) electrons. The van der Waals surface area contributed by atoms with Crippen molar-refractivity contribution in [2.45, 2.75) is 25.2 Å². The molecule has 1 aromatic carbocycles. The second-order valence-electron chi connectivity index (χ2n) is 3.83. The van der Waals surface area contributed by atoms with Crippen molar-refractivity contribution < 1.29 is 13.9 Å². The standard InChI is InChI=1S/C12H14FNO2/c13-10-6-7-14-11(10)12(15)16-8-9-4-2-1-3-5-9/h1-5,10-11,14H,6-8H2/t10-,11-/m0/s1. The molecule has 1 aromatic rings. The van der Waals surface area contributed by atoms with Gasteiger partial charge in [0.15, 0.2) is 0 Å². The Kier molecular flexibility index (Phi) is 3.51. The third-order valence-electron chi connectivity index (χ3n) is 2.62. The van der Waals surface area contributed by atoms with E-state index < -0.39 is 18.2 Å². The first-order chi connectivity index (χ1) is 7.77. The monoisotopic (exact) mass is 223 g/mol. The zero-order valence-electron chi connectivity index (χ0n) is 8.86. The van der Waals surface area contributed by atoms with E-state index in [4.69, 9.17) is 4.74 Å². The van der Waals surface area contributed by atoms with Gasteiger partial charge in [0.1, 0.15) is 18.8 Å². The van der Waals surface area contributed by atoms with E-state index in [1.807, 2.05) is 30.3 Å². The second kappa shape index (κ2) is 5.07. The van der Waals surface area contributed by atoms with Gasteiger partial charge in [-0.15, -0.1) is 0 Å². The quantitative estimate of drug-likeness (QED) is 0.788. The van der Waals surface area contributed by atoms with E-state index in [1.165, 1.54) is 0 Å². The van der Waals surface area contributed by atoms with Gasteiger partial charge in [-0.25, -0.2) is 4.39 Å². The van der Waals surface area contributed by atoms with Crippen molar-refractivity contribution in [3.63, 3.8) is 0 Å². The Labute approximate surface area is 93.6 Å². The number of carbonyl (C=O) groups excluding carboxylic acids is 1. The first kappa shape index (κ1) is 11.1. The number of alkyl halides is 1. The van der Waals surface area contributed by atoms with Gasteiger partial charge >= 0.3 is 5.97 Å². The van der Waals surface area contributed by atoms with E-state index >= 15 is 0 Å². The van der Waals surface area contributed by atoms with Gasteiger partial charge in [-0.1, -0.05) is 30.3 Å². The molecule has 1 aliphatic rings. The normalized spacial score (nSPS) is 24.3. The highest BCUT2D eigenvalue weighted by Gasteiger charge is 2.33. The van der Waals surface area contributed by atoms with Crippen LogP contribution in [0.4, 0.5) is 4.39 Å². The molecule has 4 heteroatoms.